The number of anilines is 2. The highest BCUT2D eigenvalue weighted by Crippen LogP contribution is 2.41. The summed E-state index contributed by atoms with van der Waals surface area (Å²) in [5.74, 6) is 1.16. The Hall–Kier alpha value is -0.930. The summed E-state index contributed by atoms with van der Waals surface area (Å²) in [6, 6.07) is 0. The van der Waals surface area contributed by atoms with E-state index in [0.717, 1.165) is 42.2 Å². The molecular formula is C10H15N3O3S3. The summed E-state index contributed by atoms with van der Waals surface area (Å²) in [5.41, 5.74) is 11.0. The summed E-state index contributed by atoms with van der Waals surface area (Å²) in [6.45, 7) is 1.48. The molecule has 4 N–H and O–H groups in total. The van der Waals surface area contributed by atoms with Gasteiger partial charge in [0.25, 0.3) is 5.91 Å². The summed E-state index contributed by atoms with van der Waals surface area (Å²) in [7, 11) is -3.50. The highest BCUT2D eigenvalue weighted by Gasteiger charge is 2.29. The average Bonchev–Trinajstić information content (AvgIpc) is 2.68. The van der Waals surface area contributed by atoms with Crippen molar-refractivity contribution in [3.8, 4) is 0 Å². The smallest absolute Gasteiger partial charge is 0.261 e. The molecule has 2 heterocycles. The van der Waals surface area contributed by atoms with Gasteiger partial charge in [0, 0.05) is 30.9 Å². The second-order valence-electron chi connectivity index (χ2n) is 4.21. The number of nitrogens with two attached hydrogens (primary N) is 2. The van der Waals surface area contributed by atoms with Gasteiger partial charge in [-0.15, -0.1) is 11.3 Å². The summed E-state index contributed by atoms with van der Waals surface area (Å²) >= 11 is 2.88. The van der Waals surface area contributed by atoms with Crippen LogP contribution in [0.4, 0.5) is 10.7 Å². The molecule has 1 aromatic heterocycles. The number of nitrogens with zero attached hydrogens (tertiary/aromatic N) is 1. The third-order valence-corrected chi connectivity index (χ3v) is 6.28. The van der Waals surface area contributed by atoms with Gasteiger partial charge >= 0.3 is 0 Å². The molecule has 0 unspecified atom stereocenters. The lowest BCUT2D eigenvalue weighted by molar-refractivity contribution is 0.100. The van der Waals surface area contributed by atoms with E-state index in [4.69, 9.17) is 11.5 Å². The molecule has 0 saturated carbocycles. The maximum atomic E-state index is 11.9. The van der Waals surface area contributed by atoms with Gasteiger partial charge < -0.3 is 16.4 Å². The van der Waals surface area contributed by atoms with Crippen LogP contribution in [0.5, 0.6) is 0 Å². The number of carbonyl (C=O) groups is 1. The van der Waals surface area contributed by atoms with E-state index in [1.807, 2.05) is 16.7 Å². The molecule has 106 valence electrons. The fourth-order valence-electron chi connectivity index (χ4n) is 1.93. The zero-order valence-corrected chi connectivity index (χ0v) is 12.8. The van der Waals surface area contributed by atoms with Crippen LogP contribution in [0.2, 0.25) is 0 Å². The van der Waals surface area contributed by atoms with Gasteiger partial charge in [0.1, 0.15) is 14.8 Å². The van der Waals surface area contributed by atoms with Crippen molar-refractivity contribution >= 4 is 49.5 Å². The fourth-order valence-corrected chi connectivity index (χ4v) is 5.45. The molecule has 9 heteroatoms. The van der Waals surface area contributed by atoms with Crippen LogP contribution in [-0.2, 0) is 9.84 Å². The van der Waals surface area contributed by atoms with E-state index >= 15 is 0 Å². The van der Waals surface area contributed by atoms with Crippen LogP contribution in [-0.4, -0.2) is 45.2 Å². The van der Waals surface area contributed by atoms with E-state index in [0.29, 0.717) is 5.00 Å². The van der Waals surface area contributed by atoms with E-state index in [2.05, 4.69) is 0 Å². The minimum Gasteiger partial charge on any atom is -0.396 e. The van der Waals surface area contributed by atoms with Crippen LogP contribution >= 0.6 is 23.1 Å². The normalized spacial score (nSPS) is 16.6. The first-order chi connectivity index (χ1) is 8.82. The van der Waals surface area contributed by atoms with Gasteiger partial charge in [0.2, 0.25) is 0 Å². The first kappa shape index (κ1) is 14.5. The standard InChI is InChI=1S/C10H15N3O3S3/c1-19(15,16)8-6(11)7(9(12)14)18-10(8)13-2-4-17-5-3-13/h2-5,11H2,1H3,(H2,12,14). The second-order valence-corrected chi connectivity index (χ2v) is 8.39. The van der Waals surface area contributed by atoms with Crippen molar-refractivity contribution in [1.82, 2.24) is 0 Å². The summed E-state index contributed by atoms with van der Waals surface area (Å²) < 4.78 is 23.8. The average molecular weight is 321 g/mol. The number of hydrogen-bond donors (Lipinski definition) is 2. The van der Waals surface area contributed by atoms with Crippen molar-refractivity contribution in [2.45, 2.75) is 4.90 Å². The largest absolute Gasteiger partial charge is 0.396 e. The molecule has 0 bridgehead atoms. The molecule has 1 amide bonds. The van der Waals surface area contributed by atoms with Gasteiger partial charge in [-0.3, -0.25) is 4.79 Å². The molecule has 0 radical (unpaired) electrons. The summed E-state index contributed by atoms with van der Waals surface area (Å²) in [4.78, 5) is 13.5. The van der Waals surface area contributed by atoms with E-state index in [1.54, 1.807) is 0 Å². The Balaban J connectivity index is 2.58. The monoisotopic (exact) mass is 321 g/mol. The number of thiophene rings is 1. The van der Waals surface area contributed by atoms with Gasteiger partial charge in [-0.05, 0) is 0 Å². The topological polar surface area (TPSA) is 106 Å². The van der Waals surface area contributed by atoms with E-state index in [-0.39, 0.29) is 15.5 Å². The number of carbonyl (C=O) groups excluding carboxylic acids is 1. The lowest BCUT2D eigenvalue weighted by Gasteiger charge is -2.27. The van der Waals surface area contributed by atoms with Crippen LogP contribution in [0, 0.1) is 0 Å². The highest BCUT2D eigenvalue weighted by molar-refractivity contribution is 7.99. The van der Waals surface area contributed by atoms with E-state index in [9.17, 15) is 13.2 Å². The third kappa shape index (κ3) is 2.82. The summed E-state index contributed by atoms with van der Waals surface area (Å²) in [6.07, 6.45) is 1.10. The zero-order valence-electron chi connectivity index (χ0n) is 10.4. The third-order valence-electron chi connectivity index (χ3n) is 2.78. The van der Waals surface area contributed by atoms with E-state index in [1.165, 1.54) is 0 Å². The Labute approximate surface area is 120 Å². The van der Waals surface area contributed by atoms with Crippen molar-refractivity contribution in [2.75, 3.05) is 41.5 Å². The quantitative estimate of drug-likeness (QED) is 0.834. The van der Waals surface area contributed by atoms with E-state index < -0.39 is 15.7 Å². The number of sulfone groups is 1. The highest BCUT2D eigenvalue weighted by atomic mass is 32.2. The van der Waals surface area contributed by atoms with Crippen molar-refractivity contribution in [3.63, 3.8) is 0 Å². The number of primary amides is 1. The summed E-state index contributed by atoms with van der Waals surface area (Å²) in [5, 5.41) is 0.536. The molecule has 1 saturated heterocycles. The second kappa shape index (κ2) is 5.22. The fraction of sp³-hybridized carbons (Fsp3) is 0.500. The Kier molecular flexibility index (Phi) is 3.98. The first-order valence-corrected chi connectivity index (χ1v) is 9.43. The molecule has 1 fully saturated rings. The number of thioether (sulfide) groups is 1. The Morgan fingerprint density at radius 2 is 1.89 bits per heavy atom. The molecule has 6 nitrogen and oxygen atoms in total. The van der Waals surface area contributed by atoms with Gasteiger partial charge in [0.15, 0.2) is 9.84 Å². The maximum absolute atomic E-state index is 11.9. The zero-order chi connectivity index (χ0) is 14.2. The molecule has 1 aliphatic heterocycles. The van der Waals surface area contributed by atoms with Crippen LogP contribution in [0.15, 0.2) is 4.90 Å². The maximum Gasteiger partial charge on any atom is 0.261 e. The van der Waals surface area contributed by atoms with Crippen molar-refractivity contribution in [3.05, 3.63) is 4.88 Å². The van der Waals surface area contributed by atoms with Crippen LogP contribution < -0.4 is 16.4 Å². The molecule has 0 aromatic carbocycles. The molecule has 0 atom stereocenters. The predicted molar refractivity (Wildman–Crippen MR) is 79.9 cm³/mol. The van der Waals surface area contributed by atoms with Crippen LogP contribution in [0.25, 0.3) is 0 Å². The Morgan fingerprint density at radius 3 is 2.37 bits per heavy atom. The lowest BCUT2D eigenvalue weighted by Crippen LogP contribution is -2.32. The van der Waals surface area contributed by atoms with Crippen molar-refractivity contribution in [1.29, 1.82) is 0 Å². The lowest BCUT2D eigenvalue weighted by atomic mass is 10.3. The Morgan fingerprint density at radius 1 is 1.32 bits per heavy atom. The van der Waals surface area contributed by atoms with Gasteiger partial charge in [-0.1, -0.05) is 0 Å². The van der Waals surface area contributed by atoms with Crippen LogP contribution in [0.1, 0.15) is 9.67 Å². The molecule has 0 spiro atoms. The molecule has 1 aliphatic rings. The predicted octanol–water partition coefficient (Wildman–Crippen LogP) is 0.386. The first-order valence-electron chi connectivity index (χ1n) is 5.57. The molecule has 2 rings (SSSR count). The SMILES string of the molecule is CS(=O)(=O)c1c(N2CCSCC2)sc(C(N)=O)c1N. The molecular weight excluding hydrogens is 306 g/mol. The number of nitrogen functional groups attached to an aromatic ring is 1. The Bertz CT molecular complexity index is 603. The number of amides is 1. The molecule has 0 aliphatic carbocycles. The molecule has 1 aromatic rings. The van der Waals surface area contributed by atoms with Gasteiger partial charge in [-0.25, -0.2) is 8.42 Å². The number of hydrogen-bond acceptors (Lipinski definition) is 7. The van der Waals surface area contributed by atoms with Gasteiger partial charge in [0.05, 0.1) is 5.69 Å². The minimum absolute atomic E-state index is 0.0202. The number of rotatable bonds is 3. The minimum atomic E-state index is -3.50. The molecule has 19 heavy (non-hydrogen) atoms. The van der Waals surface area contributed by atoms with Gasteiger partial charge in [-0.2, -0.15) is 11.8 Å². The van der Waals surface area contributed by atoms with Crippen molar-refractivity contribution in [2.24, 2.45) is 5.73 Å². The van der Waals surface area contributed by atoms with Crippen LogP contribution in [0.3, 0.4) is 0 Å². The van der Waals surface area contributed by atoms with Crippen molar-refractivity contribution < 1.29 is 13.2 Å².